The molecular weight excluding hydrogens is 364 g/mol. The highest BCUT2D eigenvalue weighted by atomic mass is 35.5. The second-order valence-electron chi connectivity index (χ2n) is 5.75. The van der Waals surface area contributed by atoms with Crippen LogP contribution in [0.5, 0.6) is 11.5 Å². The number of benzene rings is 2. The summed E-state index contributed by atoms with van der Waals surface area (Å²) in [6.45, 7) is 2.13. The van der Waals surface area contributed by atoms with Gasteiger partial charge in [0.25, 0.3) is 0 Å². The summed E-state index contributed by atoms with van der Waals surface area (Å²) < 4.78 is 10.6. The molecule has 0 radical (unpaired) electrons. The van der Waals surface area contributed by atoms with Crippen LogP contribution in [0.4, 0.5) is 23.1 Å². The number of aryl methyl sites for hydroxylation is 1. The molecule has 0 aliphatic carbocycles. The highest BCUT2D eigenvalue weighted by Crippen LogP contribution is 2.36. The summed E-state index contributed by atoms with van der Waals surface area (Å²) in [4.78, 5) is 8.76. The van der Waals surface area contributed by atoms with E-state index in [9.17, 15) is 0 Å². The lowest BCUT2D eigenvalue weighted by Crippen LogP contribution is -2.02. The minimum Gasteiger partial charge on any atom is -0.495 e. The van der Waals surface area contributed by atoms with Crippen LogP contribution in [0.15, 0.2) is 48.7 Å². The summed E-state index contributed by atoms with van der Waals surface area (Å²) in [5.41, 5.74) is 2.90. The number of anilines is 4. The topological polar surface area (TPSA) is 68.3 Å². The van der Waals surface area contributed by atoms with Crippen molar-refractivity contribution in [1.82, 2.24) is 9.97 Å². The summed E-state index contributed by atoms with van der Waals surface area (Å²) in [6.07, 6.45) is 2.69. The summed E-state index contributed by atoms with van der Waals surface area (Å²) in [5.74, 6) is 2.20. The van der Waals surface area contributed by atoms with Gasteiger partial charge in [-0.1, -0.05) is 30.7 Å². The molecule has 2 aromatic carbocycles. The molecule has 0 bridgehead atoms. The summed E-state index contributed by atoms with van der Waals surface area (Å²) in [7, 11) is 3.13. The van der Waals surface area contributed by atoms with E-state index in [4.69, 9.17) is 21.1 Å². The Bertz CT molecular complexity index is 916. The van der Waals surface area contributed by atoms with Crippen LogP contribution in [0.3, 0.4) is 0 Å². The molecule has 0 amide bonds. The van der Waals surface area contributed by atoms with Crippen molar-refractivity contribution in [2.75, 3.05) is 24.9 Å². The SMILES string of the molecule is CCc1ccc(Nc2ccnc(Nc3cc(OC)c(Cl)cc3OC)n2)cc1. The van der Waals surface area contributed by atoms with Gasteiger partial charge in [0.2, 0.25) is 5.95 Å². The number of methoxy groups -OCH3 is 2. The van der Waals surface area contributed by atoms with Crippen molar-refractivity contribution < 1.29 is 9.47 Å². The van der Waals surface area contributed by atoms with E-state index in [1.165, 1.54) is 5.56 Å². The molecule has 1 heterocycles. The number of nitrogens with zero attached hydrogens (tertiary/aromatic N) is 2. The quantitative estimate of drug-likeness (QED) is 0.583. The van der Waals surface area contributed by atoms with E-state index in [0.29, 0.717) is 34.0 Å². The number of halogens is 1. The van der Waals surface area contributed by atoms with E-state index in [1.807, 2.05) is 12.1 Å². The van der Waals surface area contributed by atoms with Crippen LogP contribution in [0, 0.1) is 0 Å². The molecule has 0 aliphatic heterocycles. The molecule has 3 rings (SSSR count). The number of aromatic nitrogens is 2. The molecule has 27 heavy (non-hydrogen) atoms. The first-order valence-electron chi connectivity index (χ1n) is 8.50. The minimum atomic E-state index is 0.424. The minimum absolute atomic E-state index is 0.424. The number of ether oxygens (including phenoxy) is 2. The second kappa shape index (κ2) is 8.60. The monoisotopic (exact) mass is 384 g/mol. The molecule has 140 valence electrons. The average Bonchev–Trinajstić information content (AvgIpc) is 2.70. The first kappa shape index (κ1) is 18.8. The molecule has 3 aromatic rings. The molecule has 0 saturated carbocycles. The third-order valence-electron chi connectivity index (χ3n) is 4.01. The standard InChI is InChI=1S/C20H21ClN4O2/c1-4-13-5-7-14(8-6-13)23-19-9-10-22-20(25-19)24-16-12-17(26-2)15(21)11-18(16)27-3/h5-12H,4H2,1-3H3,(H2,22,23,24,25). The zero-order chi connectivity index (χ0) is 19.2. The van der Waals surface area contributed by atoms with Crippen molar-refractivity contribution in [1.29, 1.82) is 0 Å². The molecule has 2 N–H and O–H groups in total. The van der Waals surface area contributed by atoms with Crippen molar-refractivity contribution in [3.05, 3.63) is 59.2 Å². The van der Waals surface area contributed by atoms with Gasteiger partial charge in [0.1, 0.15) is 17.3 Å². The van der Waals surface area contributed by atoms with E-state index in [0.717, 1.165) is 12.1 Å². The number of nitrogens with one attached hydrogen (secondary N) is 2. The molecule has 1 aromatic heterocycles. The predicted molar refractivity (Wildman–Crippen MR) is 109 cm³/mol. The fraction of sp³-hybridized carbons (Fsp3) is 0.200. The van der Waals surface area contributed by atoms with E-state index in [1.54, 1.807) is 38.6 Å². The summed E-state index contributed by atoms with van der Waals surface area (Å²) >= 11 is 6.15. The lowest BCUT2D eigenvalue weighted by Gasteiger charge is -2.13. The van der Waals surface area contributed by atoms with E-state index in [-0.39, 0.29) is 0 Å². The van der Waals surface area contributed by atoms with Gasteiger partial charge in [0, 0.05) is 24.0 Å². The Morgan fingerprint density at radius 2 is 1.70 bits per heavy atom. The van der Waals surface area contributed by atoms with Crippen molar-refractivity contribution in [2.24, 2.45) is 0 Å². The number of hydrogen-bond donors (Lipinski definition) is 2. The molecule has 7 heteroatoms. The van der Waals surface area contributed by atoms with E-state index >= 15 is 0 Å². The van der Waals surface area contributed by atoms with Gasteiger partial charge in [-0.05, 0) is 30.2 Å². The van der Waals surface area contributed by atoms with Crippen molar-refractivity contribution in [3.8, 4) is 11.5 Å². The van der Waals surface area contributed by atoms with E-state index < -0.39 is 0 Å². The number of hydrogen-bond acceptors (Lipinski definition) is 6. The highest BCUT2D eigenvalue weighted by Gasteiger charge is 2.11. The van der Waals surface area contributed by atoms with Crippen LogP contribution in [-0.2, 0) is 6.42 Å². The maximum atomic E-state index is 6.15. The van der Waals surface area contributed by atoms with Crippen molar-refractivity contribution in [3.63, 3.8) is 0 Å². The Morgan fingerprint density at radius 3 is 2.37 bits per heavy atom. The molecule has 0 aliphatic rings. The van der Waals surface area contributed by atoms with Gasteiger partial charge in [-0.2, -0.15) is 4.98 Å². The largest absolute Gasteiger partial charge is 0.495 e. The molecular formula is C20H21ClN4O2. The Balaban J connectivity index is 1.81. The van der Waals surface area contributed by atoms with Gasteiger partial charge in [-0.25, -0.2) is 4.98 Å². The van der Waals surface area contributed by atoms with Crippen LogP contribution in [0.25, 0.3) is 0 Å². The predicted octanol–water partition coefficient (Wildman–Crippen LogP) is 5.20. The molecule has 0 fully saturated rings. The summed E-state index contributed by atoms with van der Waals surface area (Å²) in [6, 6.07) is 13.5. The Labute approximate surface area is 163 Å². The molecule has 6 nitrogen and oxygen atoms in total. The maximum Gasteiger partial charge on any atom is 0.229 e. The Hall–Kier alpha value is -2.99. The number of rotatable bonds is 7. The van der Waals surface area contributed by atoms with Gasteiger partial charge in [0.05, 0.1) is 24.9 Å². The van der Waals surface area contributed by atoms with Crippen LogP contribution >= 0.6 is 11.6 Å². The fourth-order valence-electron chi connectivity index (χ4n) is 2.54. The van der Waals surface area contributed by atoms with Crippen molar-refractivity contribution in [2.45, 2.75) is 13.3 Å². The van der Waals surface area contributed by atoms with Gasteiger partial charge in [0.15, 0.2) is 0 Å². The van der Waals surface area contributed by atoms with Crippen molar-refractivity contribution >= 4 is 34.7 Å². The van der Waals surface area contributed by atoms with Crippen LogP contribution in [0.1, 0.15) is 12.5 Å². The van der Waals surface area contributed by atoms with Crippen LogP contribution in [-0.4, -0.2) is 24.2 Å². The van der Waals surface area contributed by atoms with Gasteiger partial charge in [-0.15, -0.1) is 0 Å². The third-order valence-corrected chi connectivity index (χ3v) is 4.31. The van der Waals surface area contributed by atoms with Crippen LogP contribution in [0.2, 0.25) is 5.02 Å². The molecule has 0 saturated heterocycles. The fourth-order valence-corrected chi connectivity index (χ4v) is 2.77. The average molecular weight is 385 g/mol. The Morgan fingerprint density at radius 1 is 0.963 bits per heavy atom. The third kappa shape index (κ3) is 4.60. The van der Waals surface area contributed by atoms with Gasteiger partial charge >= 0.3 is 0 Å². The van der Waals surface area contributed by atoms with Gasteiger partial charge in [-0.3, -0.25) is 0 Å². The first-order valence-corrected chi connectivity index (χ1v) is 8.88. The van der Waals surface area contributed by atoms with Crippen LogP contribution < -0.4 is 20.1 Å². The zero-order valence-corrected chi connectivity index (χ0v) is 16.2. The highest BCUT2D eigenvalue weighted by molar-refractivity contribution is 6.32. The summed E-state index contributed by atoms with van der Waals surface area (Å²) in [5, 5.41) is 6.88. The van der Waals surface area contributed by atoms with E-state index in [2.05, 4.69) is 39.7 Å². The lowest BCUT2D eigenvalue weighted by molar-refractivity contribution is 0.405. The lowest BCUT2D eigenvalue weighted by atomic mass is 10.1. The first-order chi connectivity index (χ1) is 13.1. The maximum absolute atomic E-state index is 6.15. The smallest absolute Gasteiger partial charge is 0.229 e. The zero-order valence-electron chi connectivity index (χ0n) is 15.4. The molecule has 0 unspecified atom stereocenters. The molecule has 0 atom stereocenters. The second-order valence-corrected chi connectivity index (χ2v) is 6.16. The normalized spacial score (nSPS) is 10.4. The Kier molecular flexibility index (Phi) is 5.98. The molecule has 0 spiro atoms. The van der Waals surface area contributed by atoms with Gasteiger partial charge < -0.3 is 20.1 Å².